The van der Waals surface area contributed by atoms with E-state index in [-0.39, 0.29) is 5.69 Å². The van der Waals surface area contributed by atoms with Crippen molar-refractivity contribution in [1.82, 2.24) is 25.3 Å². The Hall–Kier alpha value is -2.47. The van der Waals surface area contributed by atoms with Gasteiger partial charge in [0.15, 0.2) is 0 Å². The van der Waals surface area contributed by atoms with E-state index in [4.69, 9.17) is 0 Å². The number of rotatable bonds is 4. The summed E-state index contributed by atoms with van der Waals surface area (Å²) in [5.41, 5.74) is 3.19. The summed E-state index contributed by atoms with van der Waals surface area (Å²) < 4.78 is 0. The Kier molecular flexibility index (Phi) is 3.30. The van der Waals surface area contributed by atoms with Gasteiger partial charge >= 0.3 is 5.69 Å². The quantitative estimate of drug-likeness (QED) is 0.661. The first-order valence-electron chi connectivity index (χ1n) is 6.45. The second kappa shape index (κ2) is 5.26. The van der Waals surface area contributed by atoms with Crippen LogP contribution in [0.1, 0.15) is 5.82 Å². The van der Waals surface area contributed by atoms with E-state index in [1.807, 2.05) is 31.3 Å². The fraction of sp³-hybridized carbons (Fsp3) is 0.214. The zero-order valence-corrected chi connectivity index (χ0v) is 11.1. The lowest BCUT2D eigenvalue weighted by atomic mass is 10.1. The number of aromatic nitrogens is 4. The fourth-order valence-corrected chi connectivity index (χ4v) is 2.11. The van der Waals surface area contributed by atoms with Crippen LogP contribution >= 0.6 is 0 Å². The zero-order chi connectivity index (χ0) is 13.9. The molecule has 0 aliphatic heterocycles. The van der Waals surface area contributed by atoms with Gasteiger partial charge in [-0.2, -0.15) is 0 Å². The number of H-pyrrole nitrogens is 2. The maximum absolute atomic E-state index is 11.3. The molecule has 3 rings (SSSR count). The summed E-state index contributed by atoms with van der Waals surface area (Å²) >= 11 is 0. The number of benzene rings is 1. The highest BCUT2D eigenvalue weighted by Gasteiger charge is 2.05. The molecule has 3 aromatic rings. The molecular formula is C14H15N5O. The van der Waals surface area contributed by atoms with Crippen molar-refractivity contribution >= 4 is 11.0 Å². The van der Waals surface area contributed by atoms with Gasteiger partial charge in [0.25, 0.3) is 0 Å². The van der Waals surface area contributed by atoms with Crippen LogP contribution in [-0.2, 0) is 6.42 Å². The number of hydrogen-bond donors (Lipinski definition) is 3. The Labute approximate surface area is 115 Å². The monoisotopic (exact) mass is 269 g/mol. The molecule has 6 nitrogen and oxygen atoms in total. The van der Waals surface area contributed by atoms with Crippen LogP contribution in [0.5, 0.6) is 0 Å². The predicted octanol–water partition coefficient (Wildman–Crippen LogP) is 1.08. The van der Waals surface area contributed by atoms with Crippen molar-refractivity contribution in [3.8, 4) is 11.3 Å². The summed E-state index contributed by atoms with van der Waals surface area (Å²) in [6.45, 7) is 0.841. The van der Waals surface area contributed by atoms with Crippen molar-refractivity contribution in [2.45, 2.75) is 6.42 Å². The van der Waals surface area contributed by atoms with Crippen molar-refractivity contribution < 1.29 is 0 Å². The van der Waals surface area contributed by atoms with E-state index in [9.17, 15) is 4.79 Å². The van der Waals surface area contributed by atoms with E-state index < -0.39 is 0 Å². The van der Waals surface area contributed by atoms with Gasteiger partial charge in [-0.05, 0) is 25.2 Å². The Morgan fingerprint density at radius 1 is 1.20 bits per heavy atom. The van der Waals surface area contributed by atoms with Gasteiger partial charge in [-0.25, -0.2) is 14.8 Å². The molecule has 0 amide bonds. The molecule has 1 aromatic carbocycles. The zero-order valence-electron chi connectivity index (χ0n) is 11.1. The number of likely N-dealkylation sites (N-methyl/N-ethyl adjacent to an activating group) is 1. The topological polar surface area (TPSA) is 86.5 Å². The molecule has 0 saturated heterocycles. The SMILES string of the molecule is CNCCc1nccc(-c2ccc3[nH]c(=O)[nH]c3c2)n1. The van der Waals surface area contributed by atoms with Crippen LogP contribution in [0, 0.1) is 0 Å². The normalized spacial score (nSPS) is 11.1. The molecule has 0 fully saturated rings. The number of nitrogens with zero attached hydrogens (tertiary/aromatic N) is 2. The minimum absolute atomic E-state index is 0.199. The summed E-state index contributed by atoms with van der Waals surface area (Å²) in [5.74, 6) is 0.805. The molecule has 6 heteroatoms. The average molecular weight is 269 g/mol. The third-order valence-corrected chi connectivity index (χ3v) is 3.12. The summed E-state index contributed by atoms with van der Waals surface area (Å²) in [4.78, 5) is 25.5. The summed E-state index contributed by atoms with van der Waals surface area (Å²) in [6, 6.07) is 7.60. The molecular weight excluding hydrogens is 254 g/mol. The summed E-state index contributed by atoms with van der Waals surface area (Å²) in [5, 5.41) is 3.08. The van der Waals surface area contributed by atoms with Gasteiger partial charge in [-0.15, -0.1) is 0 Å². The minimum atomic E-state index is -0.199. The number of imidazole rings is 1. The smallest absolute Gasteiger partial charge is 0.319 e. The number of nitrogens with one attached hydrogen (secondary N) is 3. The molecule has 0 bridgehead atoms. The second-order valence-corrected chi connectivity index (χ2v) is 4.55. The molecule has 0 atom stereocenters. The van der Waals surface area contributed by atoms with Crippen molar-refractivity contribution in [1.29, 1.82) is 0 Å². The van der Waals surface area contributed by atoms with E-state index in [1.54, 1.807) is 6.20 Å². The maximum Gasteiger partial charge on any atom is 0.323 e. The molecule has 20 heavy (non-hydrogen) atoms. The van der Waals surface area contributed by atoms with Crippen molar-refractivity contribution in [2.75, 3.05) is 13.6 Å². The highest BCUT2D eigenvalue weighted by Crippen LogP contribution is 2.20. The molecule has 0 aliphatic carbocycles. The van der Waals surface area contributed by atoms with Crippen LogP contribution in [0.2, 0.25) is 0 Å². The van der Waals surface area contributed by atoms with E-state index in [0.29, 0.717) is 0 Å². The van der Waals surface area contributed by atoms with Gasteiger partial charge in [0.1, 0.15) is 5.82 Å². The standard InChI is InChI=1S/C14H15N5O/c1-15-6-5-13-16-7-4-10(17-13)9-2-3-11-12(8-9)19-14(20)18-11/h2-4,7-8,15H,5-6H2,1H3,(H2,18,19,20). The number of fused-ring (bicyclic) bond motifs is 1. The first-order chi connectivity index (χ1) is 9.76. The molecule has 2 aromatic heterocycles. The van der Waals surface area contributed by atoms with Crippen LogP contribution in [0.3, 0.4) is 0 Å². The lowest BCUT2D eigenvalue weighted by molar-refractivity contribution is 0.756. The largest absolute Gasteiger partial charge is 0.323 e. The molecule has 0 spiro atoms. The van der Waals surface area contributed by atoms with Crippen molar-refractivity contribution in [3.05, 3.63) is 46.8 Å². The first-order valence-corrected chi connectivity index (χ1v) is 6.45. The van der Waals surface area contributed by atoms with Gasteiger partial charge in [0.2, 0.25) is 0 Å². The van der Waals surface area contributed by atoms with Gasteiger partial charge in [-0.1, -0.05) is 6.07 Å². The number of aromatic amines is 2. The fourth-order valence-electron chi connectivity index (χ4n) is 2.11. The van der Waals surface area contributed by atoms with Gasteiger partial charge < -0.3 is 15.3 Å². The Balaban J connectivity index is 1.99. The van der Waals surface area contributed by atoms with E-state index >= 15 is 0 Å². The van der Waals surface area contributed by atoms with Gasteiger partial charge in [0.05, 0.1) is 16.7 Å². The van der Waals surface area contributed by atoms with E-state index in [2.05, 4.69) is 25.3 Å². The van der Waals surface area contributed by atoms with E-state index in [1.165, 1.54) is 0 Å². The third-order valence-electron chi connectivity index (χ3n) is 3.12. The van der Waals surface area contributed by atoms with Crippen molar-refractivity contribution in [2.24, 2.45) is 0 Å². The maximum atomic E-state index is 11.3. The van der Waals surface area contributed by atoms with Crippen molar-refractivity contribution in [3.63, 3.8) is 0 Å². The molecule has 0 radical (unpaired) electrons. The Morgan fingerprint density at radius 3 is 2.90 bits per heavy atom. The average Bonchev–Trinajstić information content (AvgIpc) is 2.84. The first kappa shape index (κ1) is 12.6. The number of hydrogen-bond acceptors (Lipinski definition) is 4. The van der Waals surface area contributed by atoms with Crippen LogP contribution < -0.4 is 11.0 Å². The van der Waals surface area contributed by atoms with Gasteiger partial charge in [0, 0.05) is 24.7 Å². The highest BCUT2D eigenvalue weighted by molar-refractivity contribution is 5.80. The van der Waals surface area contributed by atoms with Gasteiger partial charge in [-0.3, -0.25) is 0 Å². The van der Waals surface area contributed by atoms with Crippen LogP contribution in [0.15, 0.2) is 35.3 Å². The second-order valence-electron chi connectivity index (χ2n) is 4.55. The Morgan fingerprint density at radius 2 is 2.05 bits per heavy atom. The van der Waals surface area contributed by atoms with Crippen LogP contribution in [-0.4, -0.2) is 33.5 Å². The Bertz CT molecular complexity index is 789. The molecule has 2 heterocycles. The highest BCUT2D eigenvalue weighted by atomic mass is 16.1. The lowest BCUT2D eigenvalue weighted by Crippen LogP contribution is -2.12. The summed E-state index contributed by atoms with van der Waals surface area (Å²) in [7, 11) is 1.90. The third kappa shape index (κ3) is 2.46. The summed E-state index contributed by atoms with van der Waals surface area (Å²) in [6.07, 6.45) is 2.55. The predicted molar refractivity (Wildman–Crippen MR) is 77.6 cm³/mol. The minimum Gasteiger partial charge on any atom is -0.319 e. The van der Waals surface area contributed by atoms with Crippen LogP contribution in [0.25, 0.3) is 22.3 Å². The lowest BCUT2D eigenvalue weighted by Gasteiger charge is -2.04. The molecule has 0 saturated carbocycles. The molecule has 0 aliphatic rings. The molecule has 0 unspecified atom stereocenters. The molecule has 3 N–H and O–H groups in total. The molecule has 102 valence electrons. The van der Waals surface area contributed by atoms with Crippen LogP contribution in [0.4, 0.5) is 0 Å². The van der Waals surface area contributed by atoms with E-state index in [0.717, 1.165) is 41.1 Å².